The summed E-state index contributed by atoms with van der Waals surface area (Å²) in [6, 6.07) is 5.42. The van der Waals surface area contributed by atoms with Crippen molar-refractivity contribution in [2.75, 3.05) is 13.6 Å². The summed E-state index contributed by atoms with van der Waals surface area (Å²) in [5, 5.41) is 10.0. The van der Waals surface area contributed by atoms with Crippen LogP contribution in [0.5, 0.6) is 5.75 Å². The van der Waals surface area contributed by atoms with Crippen LogP contribution in [0.2, 0.25) is 5.02 Å². The van der Waals surface area contributed by atoms with Gasteiger partial charge in [-0.3, -0.25) is 0 Å². The Bertz CT molecular complexity index is 288. The lowest BCUT2D eigenvalue weighted by molar-refractivity contribution is 0.337. The minimum Gasteiger partial charge on any atom is -0.506 e. The molecule has 0 saturated heterocycles. The molecule has 0 radical (unpaired) electrons. The number of halogens is 1. The zero-order valence-corrected chi connectivity index (χ0v) is 8.67. The predicted octanol–water partition coefficient (Wildman–Crippen LogP) is 2.50. The first-order valence-corrected chi connectivity index (χ1v) is 4.67. The van der Waals surface area contributed by atoms with E-state index in [0.29, 0.717) is 5.02 Å². The van der Waals surface area contributed by atoms with Crippen molar-refractivity contribution < 1.29 is 5.11 Å². The van der Waals surface area contributed by atoms with Gasteiger partial charge in [0.25, 0.3) is 0 Å². The van der Waals surface area contributed by atoms with Crippen LogP contribution in [-0.2, 0) is 6.54 Å². The Hall–Kier alpha value is -0.730. The molecule has 1 aromatic rings. The van der Waals surface area contributed by atoms with E-state index < -0.39 is 0 Å². The number of phenolic OH excluding ortho intramolecular Hbond substituents is 1. The largest absolute Gasteiger partial charge is 0.506 e. The Morgan fingerprint density at radius 1 is 1.46 bits per heavy atom. The van der Waals surface area contributed by atoms with Gasteiger partial charge in [0.2, 0.25) is 0 Å². The zero-order valence-electron chi connectivity index (χ0n) is 7.92. The molecule has 0 atom stereocenters. The van der Waals surface area contributed by atoms with Gasteiger partial charge < -0.3 is 10.0 Å². The van der Waals surface area contributed by atoms with Crippen molar-refractivity contribution in [3.05, 3.63) is 28.8 Å². The van der Waals surface area contributed by atoms with Crippen LogP contribution in [0.15, 0.2) is 18.2 Å². The molecule has 1 N–H and O–H groups in total. The van der Waals surface area contributed by atoms with Crippen LogP contribution in [0.3, 0.4) is 0 Å². The summed E-state index contributed by atoms with van der Waals surface area (Å²) < 4.78 is 0. The average Bonchev–Trinajstić information content (AvgIpc) is 2.13. The molecular formula is C10H14ClNO. The number of phenols is 1. The topological polar surface area (TPSA) is 23.5 Å². The number of hydrogen-bond donors (Lipinski definition) is 1. The normalized spacial score (nSPS) is 10.8. The van der Waals surface area contributed by atoms with E-state index in [9.17, 15) is 5.11 Å². The summed E-state index contributed by atoms with van der Waals surface area (Å²) in [4.78, 5) is 2.10. The first kappa shape index (κ1) is 10.4. The van der Waals surface area contributed by atoms with Gasteiger partial charge in [0.15, 0.2) is 0 Å². The standard InChI is InChI=1S/C10H14ClNO/c1-3-12(2)7-8-5-4-6-9(11)10(8)13/h4-6,13H,3,7H2,1-2H3. The molecule has 0 unspecified atom stereocenters. The van der Waals surface area contributed by atoms with Crippen molar-refractivity contribution in [3.63, 3.8) is 0 Å². The Labute approximate surface area is 83.7 Å². The van der Waals surface area contributed by atoms with Crippen molar-refractivity contribution in [1.82, 2.24) is 4.90 Å². The van der Waals surface area contributed by atoms with Crippen molar-refractivity contribution >= 4 is 11.6 Å². The number of benzene rings is 1. The van der Waals surface area contributed by atoms with Gasteiger partial charge in [0.1, 0.15) is 5.75 Å². The summed E-state index contributed by atoms with van der Waals surface area (Å²) in [6.07, 6.45) is 0. The molecular weight excluding hydrogens is 186 g/mol. The highest BCUT2D eigenvalue weighted by molar-refractivity contribution is 6.32. The van der Waals surface area contributed by atoms with Crippen molar-refractivity contribution in [1.29, 1.82) is 0 Å². The fourth-order valence-electron chi connectivity index (χ4n) is 1.09. The van der Waals surface area contributed by atoms with Gasteiger partial charge in [0, 0.05) is 12.1 Å². The summed E-state index contributed by atoms with van der Waals surface area (Å²) in [7, 11) is 2.00. The smallest absolute Gasteiger partial charge is 0.138 e. The highest BCUT2D eigenvalue weighted by Gasteiger charge is 2.06. The van der Waals surface area contributed by atoms with Gasteiger partial charge in [-0.05, 0) is 19.7 Å². The van der Waals surface area contributed by atoms with Crippen LogP contribution < -0.4 is 0 Å². The summed E-state index contributed by atoms with van der Waals surface area (Å²) in [6.45, 7) is 3.75. The average molecular weight is 200 g/mol. The summed E-state index contributed by atoms with van der Waals surface area (Å²) >= 11 is 5.77. The van der Waals surface area contributed by atoms with E-state index in [1.807, 2.05) is 19.2 Å². The third-order valence-electron chi connectivity index (χ3n) is 2.05. The molecule has 1 rings (SSSR count). The van der Waals surface area contributed by atoms with Crippen LogP contribution in [-0.4, -0.2) is 23.6 Å². The number of rotatable bonds is 3. The third-order valence-corrected chi connectivity index (χ3v) is 2.36. The Morgan fingerprint density at radius 2 is 2.15 bits per heavy atom. The molecule has 0 bridgehead atoms. The number of aromatic hydroxyl groups is 1. The Kier molecular flexibility index (Phi) is 3.58. The van der Waals surface area contributed by atoms with Crippen LogP contribution in [0.25, 0.3) is 0 Å². The first-order valence-electron chi connectivity index (χ1n) is 4.30. The van der Waals surface area contributed by atoms with Gasteiger partial charge in [-0.1, -0.05) is 30.7 Å². The number of hydrogen-bond acceptors (Lipinski definition) is 2. The van der Waals surface area contributed by atoms with E-state index >= 15 is 0 Å². The van der Waals surface area contributed by atoms with E-state index in [2.05, 4.69) is 11.8 Å². The fourth-order valence-corrected chi connectivity index (χ4v) is 1.28. The monoisotopic (exact) mass is 199 g/mol. The third kappa shape index (κ3) is 2.61. The molecule has 0 fully saturated rings. The zero-order chi connectivity index (χ0) is 9.84. The maximum Gasteiger partial charge on any atom is 0.138 e. The summed E-state index contributed by atoms with van der Waals surface area (Å²) in [5.74, 6) is 0.199. The maximum absolute atomic E-state index is 9.58. The molecule has 0 saturated carbocycles. The quantitative estimate of drug-likeness (QED) is 0.809. The number of para-hydroxylation sites is 1. The van der Waals surface area contributed by atoms with Gasteiger partial charge >= 0.3 is 0 Å². The second kappa shape index (κ2) is 4.49. The van der Waals surface area contributed by atoms with Crippen molar-refractivity contribution in [2.24, 2.45) is 0 Å². The Morgan fingerprint density at radius 3 is 2.77 bits per heavy atom. The van der Waals surface area contributed by atoms with E-state index in [1.165, 1.54) is 0 Å². The molecule has 1 aromatic carbocycles. The van der Waals surface area contributed by atoms with E-state index in [1.54, 1.807) is 6.07 Å². The molecule has 0 heterocycles. The van der Waals surface area contributed by atoms with Crippen molar-refractivity contribution in [2.45, 2.75) is 13.5 Å². The molecule has 13 heavy (non-hydrogen) atoms. The lowest BCUT2D eigenvalue weighted by Crippen LogP contribution is -2.16. The molecule has 2 nitrogen and oxygen atoms in total. The Balaban J connectivity index is 2.83. The first-order chi connectivity index (χ1) is 6.15. The molecule has 0 aliphatic heterocycles. The molecule has 0 aliphatic carbocycles. The molecule has 0 aromatic heterocycles. The SMILES string of the molecule is CCN(C)Cc1cccc(Cl)c1O. The van der Waals surface area contributed by atoms with Gasteiger partial charge in [-0.25, -0.2) is 0 Å². The van der Waals surface area contributed by atoms with Crippen LogP contribution >= 0.6 is 11.6 Å². The predicted molar refractivity (Wildman–Crippen MR) is 55.1 cm³/mol. The highest BCUT2D eigenvalue weighted by atomic mass is 35.5. The second-order valence-corrected chi connectivity index (χ2v) is 3.49. The van der Waals surface area contributed by atoms with Gasteiger partial charge in [0.05, 0.1) is 5.02 Å². The molecule has 0 spiro atoms. The summed E-state index contributed by atoms with van der Waals surface area (Å²) in [5.41, 5.74) is 0.872. The van der Waals surface area contributed by atoms with Crippen molar-refractivity contribution in [3.8, 4) is 5.75 Å². The second-order valence-electron chi connectivity index (χ2n) is 3.08. The van der Waals surface area contributed by atoms with Crippen LogP contribution in [0, 0.1) is 0 Å². The highest BCUT2D eigenvalue weighted by Crippen LogP contribution is 2.27. The van der Waals surface area contributed by atoms with E-state index in [-0.39, 0.29) is 5.75 Å². The molecule has 72 valence electrons. The molecule has 3 heteroatoms. The minimum atomic E-state index is 0.199. The van der Waals surface area contributed by atoms with Crippen LogP contribution in [0.1, 0.15) is 12.5 Å². The minimum absolute atomic E-state index is 0.199. The lowest BCUT2D eigenvalue weighted by atomic mass is 10.2. The van der Waals surface area contributed by atoms with Gasteiger partial charge in [-0.15, -0.1) is 0 Å². The fraction of sp³-hybridized carbons (Fsp3) is 0.400. The van der Waals surface area contributed by atoms with Gasteiger partial charge in [-0.2, -0.15) is 0 Å². The van der Waals surface area contributed by atoms with E-state index in [0.717, 1.165) is 18.7 Å². The maximum atomic E-state index is 9.58. The number of nitrogens with zero attached hydrogens (tertiary/aromatic N) is 1. The molecule has 0 aliphatic rings. The lowest BCUT2D eigenvalue weighted by Gasteiger charge is -2.14. The van der Waals surface area contributed by atoms with Crippen LogP contribution in [0.4, 0.5) is 0 Å². The van der Waals surface area contributed by atoms with E-state index in [4.69, 9.17) is 11.6 Å². The molecule has 0 amide bonds.